The van der Waals surface area contributed by atoms with E-state index in [1.165, 1.54) is 9.75 Å². The van der Waals surface area contributed by atoms with Gasteiger partial charge in [-0.2, -0.15) is 0 Å². The average molecular weight is 332 g/mol. The maximum absolute atomic E-state index is 4.65. The molecule has 0 fully saturated rings. The van der Waals surface area contributed by atoms with Gasteiger partial charge < -0.3 is 15.2 Å². The summed E-state index contributed by atoms with van der Waals surface area (Å²) in [5.74, 6) is 2.88. The van der Waals surface area contributed by atoms with Crippen LogP contribution in [0, 0.1) is 0 Å². The third-order valence-corrected chi connectivity index (χ3v) is 5.13. The second kappa shape index (κ2) is 7.59. The number of hydrogen-bond donors (Lipinski definition) is 2. The zero-order chi connectivity index (χ0) is 16.1. The zero-order valence-electron chi connectivity index (χ0n) is 13.8. The average Bonchev–Trinajstić information content (AvgIpc) is 3.27. The molecule has 0 saturated heterocycles. The van der Waals surface area contributed by atoms with Crippen LogP contribution in [0.5, 0.6) is 0 Å². The lowest BCUT2D eigenvalue weighted by Crippen LogP contribution is -2.36. The smallest absolute Gasteiger partial charge is 0.191 e. The lowest BCUT2D eigenvalue weighted by molar-refractivity contribution is 0.684. The van der Waals surface area contributed by atoms with Crippen molar-refractivity contribution in [3.8, 4) is 0 Å². The van der Waals surface area contributed by atoms with Gasteiger partial charge in [0.05, 0.1) is 6.54 Å². The second-order valence-corrected chi connectivity index (χ2v) is 6.81. The molecule has 0 unspecified atom stereocenters. The van der Waals surface area contributed by atoms with E-state index in [0.717, 1.165) is 56.5 Å². The molecule has 2 aromatic rings. The molecule has 0 saturated carbocycles. The number of thiophene rings is 1. The van der Waals surface area contributed by atoms with Crippen molar-refractivity contribution in [2.75, 3.05) is 6.54 Å². The first kappa shape index (κ1) is 16.0. The first-order valence-electron chi connectivity index (χ1n) is 8.30. The van der Waals surface area contributed by atoms with Crippen LogP contribution in [-0.4, -0.2) is 27.3 Å². The molecule has 0 aromatic carbocycles. The van der Waals surface area contributed by atoms with Gasteiger partial charge in [0.1, 0.15) is 12.4 Å². The Morgan fingerprint density at radius 3 is 2.91 bits per heavy atom. The Morgan fingerprint density at radius 2 is 2.13 bits per heavy atom. The minimum absolute atomic E-state index is 0.562. The number of nitrogens with one attached hydrogen (secondary N) is 2. The molecule has 1 aliphatic rings. The number of fused-ring (bicyclic) bond motifs is 1. The molecule has 2 N–H and O–H groups in total. The summed E-state index contributed by atoms with van der Waals surface area (Å²) in [7, 11) is 0. The van der Waals surface area contributed by atoms with Gasteiger partial charge in [0.15, 0.2) is 11.8 Å². The summed E-state index contributed by atoms with van der Waals surface area (Å²) in [6.45, 7) is 7.49. The van der Waals surface area contributed by atoms with E-state index in [1.807, 2.05) is 11.3 Å². The first-order chi connectivity index (χ1) is 11.3. The molecule has 1 aliphatic heterocycles. The topological polar surface area (TPSA) is 67.1 Å². The van der Waals surface area contributed by atoms with Crippen LogP contribution in [-0.2, 0) is 32.5 Å². The summed E-state index contributed by atoms with van der Waals surface area (Å²) < 4.78 is 2.19. The summed E-state index contributed by atoms with van der Waals surface area (Å²) in [5, 5.41) is 15.2. The summed E-state index contributed by atoms with van der Waals surface area (Å²) in [4.78, 5) is 7.40. The van der Waals surface area contributed by atoms with Crippen LogP contribution in [0.3, 0.4) is 0 Å². The van der Waals surface area contributed by atoms with Crippen LogP contribution < -0.4 is 10.6 Å². The molecular weight excluding hydrogens is 308 g/mol. The number of rotatable bonds is 6. The largest absolute Gasteiger partial charge is 0.357 e. The van der Waals surface area contributed by atoms with Crippen LogP contribution in [0.15, 0.2) is 17.1 Å². The molecule has 3 rings (SSSR count). The Kier molecular flexibility index (Phi) is 5.27. The molecule has 0 bridgehead atoms. The molecule has 0 atom stereocenters. The van der Waals surface area contributed by atoms with E-state index in [9.17, 15) is 0 Å². The summed E-state index contributed by atoms with van der Waals surface area (Å²) >= 11 is 1.85. The van der Waals surface area contributed by atoms with Crippen molar-refractivity contribution in [1.82, 2.24) is 25.4 Å². The van der Waals surface area contributed by atoms with Gasteiger partial charge in [0.2, 0.25) is 0 Å². The molecule has 0 amide bonds. The van der Waals surface area contributed by atoms with Gasteiger partial charge in [-0.15, -0.1) is 21.5 Å². The van der Waals surface area contributed by atoms with E-state index in [-0.39, 0.29) is 0 Å². The fraction of sp³-hybridized carbons (Fsp3) is 0.562. The first-order valence-corrected chi connectivity index (χ1v) is 9.12. The van der Waals surface area contributed by atoms with Crippen LogP contribution in [0.1, 0.15) is 41.7 Å². The normalized spacial score (nSPS) is 14.1. The number of aliphatic imine (C=N–C) groups is 1. The maximum atomic E-state index is 4.65. The molecular formula is C16H24N6S. The summed E-state index contributed by atoms with van der Waals surface area (Å²) in [5.41, 5.74) is 0. The van der Waals surface area contributed by atoms with Crippen LogP contribution in [0.2, 0.25) is 0 Å². The number of aryl methyl sites for hydroxylation is 2. The third kappa shape index (κ3) is 3.90. The molecule has 0 radical (unpaired) electrons. The van der Waals surface area contributed by atoms with Crippen molar-refractivity contribution in [2.24, 2.45) is 4.99 Å². The van der Waals surface area contributed by atoms with Crippen LogP contribution >= 0.6 is 11.3 Å². The summed E-state index contributed by atoms with van der Waals surface area (Å²) in [6, 6.07) is 4.39. The Labute approximate surface area is 141 Å². The molecule has 124 valence electrons. The standard InChI is InChI=1S/C16H24N6S/c1-3-12-7-8-13(23-12)10-18-16(17-4-2)19-11-15-21-20-14-6-5-9-22(14)15/h7-8H,3-6,9-11H2,1-2H3,(H2,17,18,19). The minimum atomic E-state index is 0.562. The molecule has 0 aliphatic carbocycles. The van der Waals surface area contributed by atoms with Crippen molar-refractivity contribution < 1.29 is 0 Å². The molecule has 3 heterocycles. The number of aromatic nitrogens is 3. The van der Waals surface area contributed by atoms with E-state index in [2.05, 4.69) is 56.4 Å². The predicted molar refractivity (Wildman–Crippen MR) is 93.7 cm³/mol. The van der Waals surface area contributed by atoms with Crippen molar-refractivity contribution >= 4 is 17.3 Å². The van der Waals surface area contributed by atoms with Gasteiger partial charge in [-0.05, 0) is 31.9 Å². The highest BCUT2D eigenvalue weighted by atomic mass is 32.1. The van der Waals surface area contributed by atoms with Crippen molar-refractivity contribution in [1.29, 1.82) is 0 Å². The van der Waals surface area contributed by atoms with E-state index in [4.69, 9.17) is 0 Å². The van der Waals surface area contributed by atoms with E-state index < -0.39 is 0 Å². The lowest BCUT2D eigenvalue weighted by atomic mass is 10.4. The lowest BCUT2D eigenvalue weighted by Gasteiger charge is -2.10. The van der Waals surface area contributed by atoms with Gasteiger partial charge in [-0.25, -0.2) is 4.99 Å². The highest BCUT2D eigenvalue weighted by molar-refractivity contribution is 7.11. The fourth-order valence-corrected chi connectivity index (χ4v) is 3.60. The fourth-order valence-electron chi connectivity index (χ4n) is 2.70. The Balaban J connectivity index is 1.60. The second-order valence-electron chi connectivity index (χ2n) is 5.56. The van der Waals surface area contributed by atoms with Gasteiger partial charge in [0, 0.05) is 29.3 Å². The monoisotopic (exact) mass is 332 g/mol. The third-order valence-electron chi connectivity index (χ3n) is 3.90. The molecule has 23 heavy (non-hydrogen) atoms. The Morgan fingerprint density at radius 1 is 1.26 bits per heavy atom. The quantitative estimate of drug-likeness (QED) is 0.628. The molecule has 0 spiro atoms. The molecule has 2 aromatic heterocycles. The molecule has 6 nitrogen and oxygen atoms in total. The van der Waals surface area contributed by atoms with Gasteiger partial charge in [0.25, 0.3) is 0 Å². The van der Waals surface area contributed by atoms with Gasteiger partial charge in [-0.3, -0.25) is 0 Å². The van der Waals surface area contributed by atoms with E-state index >= 15 is 0 Å². The van der Waals surface area contributed by atoms with Crippen molar-refractivity contribution in [2.45, 2.75) is 52.7 Å². The Hall–Kier alpha value is -1.89. The van der Waals surface area contributed by atoms with Crippen molar-refractivity contribution in [3.63, 3.8) is 0 Å². The van der Waals surface area contributed by atoms with E-state index in [1.54, 1.807) is 0 Å². The zero-order valence-corrected chi connectivity index (χ0v) is 14.6. The van der Waals surface area contributed by atoms with Gasteiger partial charge >= 0.3 is 0 Å². The highest BCUT2D eigenvalue weighted by Crippen LogP contribution is 2.16. The highest BCUT2D eigenvalue weighted by Gasteiger charge is 2.16. The number of hydrogen-bond acceptors (Lipinski definition) is 4. The number of guanidine groups is 1. The Bertz CT molecular complexity index is 672. The number of nitrogens with zero attached hydrogens (tertiary/aromatic N) is 4. The van der Waals surface area contributed by atoms with Crippen LogP contribution in [0.25, 0.3) is 0 Å². The predicted octanol–water partition coefficient (Wildman–Crippen LogP) is 2.10. The SMILES string of the molecule is CCNC(=NCc1nnc2n1CCC2)NCc1ccc(CC)s1. The van der Waals surface area contributed by atoms with Crippen LogP contribution in [0.4, 0.5) is 0 Å². The van der Waals surface area contributed by atoms with Crippen molar-refractivity contribution in [3.05, 3.63) is 33.5 Å². The van der Waals surface area contributed by atoms with Gasteiger partial charge in [-0.1, -0.05) is 6.92 Å². The molecule has 7 heteroatoms. The maximum Gasteiger partial charge on any atom is 0.191 e. The minimum Gasteiger partial charge on any atom is -0.357 e. The van der Waals surface area contributed by atoms with E-state index in [0.29, 0.717) is 6.54 Å². The summed E-state index contributed by atoms with van der Waals surface area (Å²) in [6.07, 6.45) is 3.29.